The third-order valence-corrected chi connectivity index (χ3v) is 5.14. The number of rotatable bonds is 3. The van der Waals surface area contributed by atoms with E-state index in [0.717, 1.165) is 0 Å². The van der Waals surface area contributed by atoms with E-state index < -0.39 is 10.0 Å². The molecule has 2 aromatic carbocycles. The van der Waals surface area contributed by atoms with Gasteiger partial charge in [-0.15, -0.1) is 0 Å². The number of para-hydroxylation sites is 2. The van der Waals surface area contributed by atoms with Crippen LogP contribution in [-0.4, -0.2) is 19.3 Å². The number of carbonyl (C=O) groups excluding carboxylic acids is 1. The molecule has 8 heteroatoms. The molecule has 0 aliphatic carbocycles. The summed E-state index contributed by atoms with van der Waals surface area (Å²) in [5.41, 5.74) is 1.02. The van der Waals surface area contributed by atoms with Gasteiger partial charge < -0.3 is 10.1 Å². The van der Waals surface area contributed by atoms with Crippen molar-refractivity contribution >= 4 is 27.3 Å². The highest BCUT2D eigenvalue weighted by Gasteiger charge is 2.22. The smallest absolute Gasteiger partial charge is 0.263 e. The Morgan fingerprint density at radius 2 is 1.85 bits per heavy atom. The molecule has 1 amide bonds. The molecule has 0 bridgehead atoms. The van der Waals surface area contributed by atoms with Crippen LogP contribution in [0.15, 0.2) is 71.9 Å². The van der Waals surface area contributed by atoms with Crippen molar-refractivity contribution in [1.82, 2.24) is 4.98 Å². The van der Waals surface area contributed by atoms with Gasteiger partial charge in [-0.1, -0.05) is 12.1 Å². The molecule has 0 unspecified atom stereocenters. The van der Waals surface area contributed by atoms with Gasteiger partial charge in [-0.3, -0.25) is 14.5 Å². The number of carbonyl (C=O) groups is 1. The minimum atomic E-state index is -3.81. The largest absolute Gasteiger partial charge is 0.454 e. The van der Waals surface area contributed by atoms with E-state index in [0.29, 0.717) is 17.2 Å². The minimum absolute atomic E-state index is 0.0306. The fraction of sp³-hybridized carbons (Fsp3) is 0. The number of hydrogen-bond acceptors (Lipinski definition) is 5. The molecule has 0 spiro atoms. The number of nitrogens with one attached hydrogen (secondary N) is 2. The minimum Gasteiger partial charge on any atom is -0.454 e. The molecule has 0 radical (unpaired) electrons. The van der Waals surface area contributed by atoms with Crippen molar-refractivity contribution in [2.75, 3.05) is 10.0 Å². The van der Waals surface area contributed by atoms with Gasteiger partial charge in [0.2, 0.25) is 0 Å². The molecule has 1 aromatic heterocycles. The maximum atomic E-state index is 12.5. The summed E-state index contributed by atoms with van der Waals surface area (Å²) in [6.45, 7) is 0. The Hall–Kier alpha value is -3.39. The van der Waals surface area contributed by atoms with Gasteiger partial charge in [0.05, 0.1) is 11.3 Å². The number of pyridine rings is 1. The highest BCUT2D eigenvalue weighted by molar-refractivity contribution is 7.92. The van der Waals surface area contributed by atoms with E-state index in [4.69, 9.17) is 4.74 Å². The Morgan fingerprint density at radius 3 is 2.65 bits per heavy atom. The second-order valence-electron chi connectivity index (χ2n) is 5.56. The van der Waals surface area contributed by atoms with Crippen LogP contribution in [0.25, 0.3) is 0 Å². The van der Waals surface area contributed by atoms with Crippen molar-refractivity contribution < 1.29 is 17.9 Å². The van der Waals surface area contributed by atoms with Gasteiger partial charge in [-0.2, -0.15) is 0 Å². The molecule has 7 nitrogen and oxygen atoms in total. The van der Waals surface area contributed by atoms with E-state index in [1.807, 2.05) is 0 Å². The molecule has 4 rings (SSSR count). The zero-order valence-electron chi connectivity index (χ0n) is 13.3. The van der Waals surface area contributed by atoms with Crippen LogP contribution in [0.5, 0.6) is 11.5 Å². The summed E-state index contributed by atoms with van der Waals surface area (Å²) in [7, 11) is -3.81. The number of fused-ring (bicyclic) bond motifs is 2. The fourth-order valence-electron chi connectivity index (χ4n) is 2.55. The Balaban J connectivity index is 1.68. The molecule has 0 fully saturated rings. The summed E-state index contributed by atoms with van der Waals surface area (Å²) in [5, 5.41) is 2.75. The summed E-state index contributed by atoms with van der Waals surface area (Å²) in [4.78, 5) is 16.3. The number of amides is 1. The van der Waals surface area contributed by atoms with Gasteiger partial charge in [-0.25, -0.2) is 8.42 Å². The quantitative estimate of drug-likeness (QED) is 0.741. The maximum absolute atomic E-state index is 12.5. The topological polar surface area (TPSA) is 97.4 Å². The van der Waals surface area contributed by atoms with Gasteiger partial charge in [0, 0.05) is 18.1 Å². The molecule has 1 aliphatic heterocycles. The van der Waals surface area contributed by atoms with Crippen LogP contribution < -0.4 is 14.8 Å². The van der Waals surface area contributed by atoms with E-state index in [9.17, 15) is 13.2 Å². The van der Waals surface area contributed by atoms with E-state index in [2.05, 4.69) is 15.0 Å². The van der Waals surface area contributed by atoms with Crippen LogP contribution >= 0.6 is 0 Å². The summed E-state index contributed by atoms with van der Waals surface area (Å²) in [6.07, 6.45) is 2.74. The van der Waals surface area contributed by atoms with Gasteiger partial charge in [0.15, 0.2) is 5.75 Å². The van der Waals surface area contributed by atoms with Gasteiger partial charge in [0.1, 0.15) is 10.6 Å². The molecule has 0 atom stereocenters. The molecular formula is C18H13N3O4S. The molecule has 0 saturated heterocycles. The van der Waals surface area contributed by atoms with Crippen LogP contribution in [-0.2, 0) is 10.0 Å². The lowest BCUT2D eigenvalue weighted by molar-refractivity contribution is 0.102. The molecule has 2 heterocycles. The number of benzene rings is 2. The van der Waals surface area contributed by atoms with E-state index in [-0.39, 0.29) is 22.1 Å². The Bertz CT molecular complexity index is 1100. The van der Waals surface area contributed by atoms with Crippen LogP contribution in [0.2, 0.25) is 0 Å². The lowest BCUT2D eigenvalue weighted by atomic mass is 10.1. The average Bonchev–Trinajstić information content (AvgIpc) is 2.78. The Morgan fingerprint density at radius 1 is 1.00 bits per heavy atom. The third kappa shape index (κ3) is 2.98. The first-order valence-corrected chi connectivity index (χ1v) is 9.16. The monoisotopic (exact) mass is 367 g/mol. The fourth-order valence-corrected chi connectivity index (χ4v) is 3.56. The summed E-state index contributed by atoms with van der Waals surface area (Å²) in [5.74, 6) is 0.479. The molecule has 2 N–H and O–H groups in total. The number of anilines is 2. The summed E-state index contributed by atoms with van der Waals surface area (Å²) >= 11 is 0. The number of ether oxygens (including phenoxy) is 1. The highest BCUT2D eigenvalue weighted by atomic mass is 32.2. The predicted octanol–water partition coefficient (Wildman–Crippen LogP) is 3.24. The Kier molecular flexibility index (Phi) is 3.81. The van der Waals surface area contributed by atoms with Crippen LogP contribution in [0.1, 0.15) is 10.4 Å². The second-order valence-corrected chi connectivity index (χ2v) is 7.24. The normalized spacial score (nSPS) is 12.8. The van der Waals surface area contributed by atoms with Crippen molar-refractivity contribution in [1.29, 1.82) is 0 Å². The van der Waals surface area contributed by atoms with Crippen LogP contribution in [0.4, 0.5) is 11.4 Å². The first-order valence-electron chi connectivity index (χ1n) is 7.68. The number of hydrogen-bond donors (Lipinski definition) is 2. The molecule has 130 valence electrons. The highest BCUT2D eigenvalue weighted by Crippen LogP contribution is 2.36. The molecule has 0 saturated carbocycles. The summed E-state index contributed by atoms with van der Waals surface area (Å²) < 4.78 is 33.0. The first kappa shape index (κ1) is 16.1. The number of sulfonamides is 1. The number of nitrogens with zero attached hydrogens (tertiary/aromatic N) is 1. The van der Waals surface area contributed by atoms with Crippen molar-refractivity contribution in [3.05, 3.63) is 72.6 Å². The molecular weight excluding hydrogens is 354 g/mol. The van der Waals surface area contributed by atoms with Crippen LogP contribution in [0.3, 0.4) is 0 Å². The zero-order valence-corrected chi connectivity index (χ0v) is 14.2. The predicted molar refractivity (Wildman–Crippen MR) is 96.0 cm³/mol. The van der Waals surface area contributed by atoms with E-state index >= 15 is 0 Å². The van der Waals surface area contributed by atoms with Crippen molar-refractivity contribution in [2.24, 2.45) is 0 Å². The van der Waals surface area contributed by atoms with Crippen molar-refractivity contribution in [3.63, 3.8) is 0 Å². The van der Waals surface area contributed by atoms with Crippen LogP contribution in [0, 0.1) is 0 Å². The number of aromatic nitrogens is 1. The van der Waals surface area contributed by atoms with E-state index in [1.54, 1.807) is 30.3 Å². The molecule has 1 aliphatic rings. The van der Waals surface area contributed by atoms with Crippen molar-refractivity contribution in [3.8, 4) is 11.5 Å². The second kappa shape index (κ2) is 6.16. The standard InChI is InChI=1S/C18H13N3O4S/c22-18-14-10-12(21-26(23,24)13-4-3-9-19-11-13)7-8-16(14)25-17-6-2-1-5-15(17)20-18/h1-11,21H,(H,20,22). The van der Waals surface area contributed by atoms with E-state index in [1.165, 1.54) is 36.7 Å². The lowest BCUT2D eigenvalue weighted by Crippen LogP contribution is -2.15. The van der Waals surface area contributed by atoms with Crippen molar-refractivity contribution in [2.45, 2.75) is 4.90 Å². The molecule has 26 heavy (non-hydrogen) atoms. The third-order valence-electron chi connectivity index (χ3n) is 3.78. The first-order chi connectivity index (χ1) is 12.5. The van der Waals surface area contributed by atoms with Gasteiger partial charge >= 0.3 is 0 Å². The van der Waals surface area contributed by atoms with Gasteiger partial charge in [0.25, 0.3) is 15.9 Å². The summed E-state index contributed by atoms with van der Waals surface area (Å²) in [6, 6.07) is 14.5. The zero-order chi connectivity index (χ0) is 18.1. The maximum Gasteiger partial charge on any atom is 0.263 e. The average molecular weight is 367 g/mol. The lowest BCUT2D eigenvalue weighted by Gasteiger charge is -2.11. The Labute approximate surface area is 149 Å². The molecule has 3 aromatic rings. The SMILES string of the molecule is O=C1Nc2ccccc2Oc2ccc(NS(=O)(=O)c3cccnc3)cc21. The van der Waals surface area contributed by atoms with Gasteiger partial charge in [-0.05, 0) is 42.5 Å².